The van der Waals surface area contributed by atoms with Crippen LogP contribution < -0.4 is 0 Å². The van der Waals surface area contributed by atoms with E-state index in [1.807, 2.05) is 24.6 Å². The number of rotatable bonds is 7. The Morgan fingerprint density at radius 2 is 2.12 bits per heavy atom. The molecule has 0 saturated carbocycles. The maximum Gasteiger partial charge on any atom is 0.367 e. The van der Waals surface area contributed by atoms with Crippen molar-refractivity contribution in [3.8, 4) is 5.69 Å². The molecule has 0 bridgehead atoms. The van der Waals surface area contributed by atoms with Crippen molar-refractivity contribution in [3.63, 3.8) is 0 Å². The molecule has 8 heteroatoms. The maximum absolute atomic E-state index is 11.7. The second-order valence-corrected chi connectivity index (χ2v) is 6.75. The fourth-order valence-electron chi connectivity index (χ4n) is 2.56. The van der Waals surface area contributed by atoms with Gasteiger partial charge in [-0.2, -0.15) is 5.10 Å². The molecule has 0 saturated heterocycles. The van der Waals surface area contributed by atoms with Gasteiger partial charge in [0.15, 0.2) is 0 Å². The van der Waals surface area contributed by atoms with E-state index in [0.29, 0.717) is 18.2 Å². The maximum atomic E-state index is 11.7. The molecule has 0 aliphatic heterocycles. The quantitative estimate of drug-likeness (QED) is 0.594. The van der Waals surface area contributed by atoms with Gasteiger partial charge in [-0.1, -0.05) is 12.1 Å². The first-order valence-corrected chi connectivity index (χ1v) is 9.23. The lowest BCUT2D eigenvalue weighted by molar-refractivity contribution is 0.0525. The number of hydrogen-bond donors (Lipinski definition) is 0. The van der Waals surface area contributed by atoms with Crippen LogP contribution in [-0.4, -0.2) is 44.3 Å². The number of ether oxygens (including phenoxy) is 1. The van der Waals surface area contributed by atoms with E-state index in [4.69, 9.17) is 4.74 Å². The highest BCUT2D eigenvalue weighted by Gasteiger charge is 2.16. The summed E-state index contributed by atoms with van der Waals surface area (Å²) in [7, 11) is 2.04. The topological polar surface area (TPSA) is 73.1 Å². The molecule has 0 radical (unpaired) electrons. The average Bonchev–Trinajstić information content (AvgIpc) is 3.33. The van der Waals surface area contributed by atoms with Crippen LogP contribution in [-0.2, 0) is 11.3 Å². The molecule has 136 valence electrons. The van der Waals surface area contributed by atoms with Gasteiger partial charge in [0.2, 0.25) is 5.01 Å². The summed E-state index contributed by atoms with van der Waals surface area (Å²) in [5, 5.41) is 6.44. The Morgan fingerprint density at radius 1 is 1.35 bits per heavy atom. The highest BCUT2D eigenvalue weighted by molar-refractivity contribution is 7.11. The minimum atomic E-state index is -0.358. The molecular weight excluding hydrogens is 350 g/mol. The summed E-state index contributed by atoms with van der Waals surface area (Å²) in [6, 6.07) is 8.42. The number of aromatic nitrogens is 4. The predicted octanol–water partition coefficient (Wildman–Crippen LogP) is 3.09. The smallest absolute Gasteiger partial charge is 0.367 e. The molecule has 0 unspecified atom stereocenters. The third-order valence-electron chi connectivity index (χ3n) is 4.13. The molecule has 3 rings (SSSR count). The van der Waals surface area contributed by atoms with Gasteiger partial charge in [0.05, 0.1) is 18.0 Å². The van der Waals surface area contributed by atoms with Gasteiger partial charge >= 0.3 is 5.97 Å². The molecule has 7 nitrogen and oxygen atoms in total. The fourth-order valence-corrected chi connectivity index (χ4v) is 3.26. The average molecular weight is 371 g/mol. The Hall–Kier alpha value is -2.58. The van der Waals surface area contributed by atoms with Crippen LogP contribution in [0.2, 0.25) is 0 Å². The zero-order valence-corrected chi connectivity index (χ0v) is 15.8. The van der Waals surface area contributed by atoms with Crippen molar-refractivity contribution < 1.29 is 9.53 Å². The molecule has 0 aliphatic rings. The van der Waals surface area contributed by atoms with Crippen LogP contribution >= 0.6 is 11.3 Å². The van der Waals surface area contributed by atoms with E-state index in [-0.39, 0.29) is 12.0 Å². The SMILES string of the molecule is CCOC(=O)c1nc(CN(C)[C@H](C)c2ccc(-n3cncn3)cc2)cs1. The van der Waals surface area contributed by atoms with Crippen molar-refractivity contribution in [2.75, 3.05) is 13.7 Å². The van der Waals surface area contributed by atoms with Crippen LogP contribution in [0.4, 0.5) is 0 Å². The summed E-state index contributed by atoms with van der Waals surface area (Å²) < 4.78 is 6.72. The van der Waals surface area contributed by atoms with E-state index in [9.17, 15) is 4.79 Å². The highest BCUT2D eigenvalue weighted by atomic mass is 32.1. The van der Waals surface area contributed by atoms with Crippen molar-refractivity contribution in [1.82, 2.24) is 24.6 Å². The van der Waals surface area contributed by atoms with Gasteiger partial charge in [0.25, 0.3) is 0 Å². The van der Waals surface area contributed by atoms with Gasteiger partial charge in [-0.15, -0.1) is 11.3 Å². The third kappa shape index (κ3) is 4.14. The predicted molar refractivity (Wildman–Crippen MR) is 99.3 cm³/mol. The molecule has 0 amide bonds. The Bertz CT molecular complexity index is 845. The summed E-state index contributed by atoms with van der Waals surface area (Å²) >= 11 is 1.32. The third-order valence-corrected chi connectivity index (χ3v) is 5.00. The van der Waals surface area contributed by atoms with Gasteiger partial charge in [-0.05, 0) is 38.6 Å². The monoisotopic (exact) mass is 371 g/mol. The standard InChI is InChI=1S/C18H21N5O2S/c1-4-25-18(24)17-21-15(10-26-17)9-22(3)13(2)14-5-7-16(8-6-14)23-12-19-11-20-23/h5-8,10-13H,4,9H2,1-3H3/t13-/m1/s1. The number of thiazole rings is 1. The van der Waals surface area contributed by atoms with Crippen LogP contribution in [0.5, 0.6) is 0 Å². The van der Waals surface area contributed by atoms with E-state index >= 15 is 0 Å². The second-order valence-electron chi connectivity index (χ2n) is 5.89. The van der Waals surface area contributed by atoms with Gasteiger partial charge < -0.3 is 4.74 Å². The number of carbonyl (C=O) groups is 1. The lowest BCUT2D eigenvalue weighted by Crippen LogP contribution is -2.22. The highest BCUT2D eigenvalue weighted by Crippen LogP contribution is 2.22. The van der Waals surface area contributed by atoms with Crippen LogP contribution in [0.1, 0.15) is 40.9 Å². The van der Waals surface area contributed by atoms with Crippen LogP contribution in [0.15, 0.2) is 42.3 Å². The molecule has 26 heavy (non-hydrogen) atoms. The van der Waals surface area contributed by atoms with Gasteiger partial charge in [-0.3, -0.25) is 4.90 Å². The van der Waals surface area contributed by atoms with Gasteiger partial charge in [-0.25, -0.2) is 19.4 Å². The molecule has 0 aliphatic carbocycles. The molecule has 2 aromatic heterocycles. The molecule has 0 fully saturated rings. The van der Waals surface area contributed by atoms with Crippen LogP contribution in [0, 0.1) is 0 Å². The second kappa shape index (κ2) is 8.20. The van der Waals surface area contributed by atoms with E-state index in [0.717, 1.165) is 11.4 Å². The molecule has 2 heterocycles. The zero-order chi connectivity index (χ0) is 18.5. The van der Waals surface area contributed by atoms with Crippen LogP contribution in [0.3, 0.4) is 0 Å². The zero-order valence-electron chi connectivity index (χ0n) is 15.0. The van der Waals surface area contributed by atoms with Crippen molar-refractivity contribution in [2.24, 2.45) is 0 Å². The summed E-state index contributed by atoms with van der Waals surface area (Å²) in [5.74, 6) is -0.358. The minimum Gasteiger partial charge on any atom is -0.461 e. The molecule has 0 spiro atoms. The Kier molecular flexibility index (Phi) is 5.75. The summed E-state index contributed by atoms with van der Waals surface area (Å²) in [6.07, 6.45) is 3.19. The summed E-state index contributed by atoms with van der Waals surface area (Å²) in [4.78, 5) is 22.3. The first-order chi connectivity index (χ1) is 12.6. The lowest BCUT2D eigenvalue weighted by atomic mass is 10.1. The van der Waals surface area contributed by atoms with E-state index in [1.54, 1.807) is 17.9 Å². The van der Waals surface area contributed by atoms with E-state index in [2.05, 4.69) is 39.0 Å². The molecule has 1 atom stereocenters. The first kappa shape index (κ1) is 18.2. The Balaban J connectivity index is 1.64. The van der Waals surface area contributed by atoms with E-state index in [1.165, 1.54) is 23.2 Å². The fraction of sp³-hybridized carbons (Fsp3) is 0.333. The summed E-state index contributed by atoms with van der Waals surface area (Å²) in [6.45, 7) is 4.94. The molecular formula is C18H21N5O2S. The van der Waals surface area contributed by atoms with Crippen molar-refractivity contribution in [3.05, 3.63) is 58.6 Å². The van der Waals surface area contributed by atoms with Crippen molar-refractivity contribution >= 4 is 17.3 Å². The minimum absolute atomic E-state index is 0.201. The normalized spacial score (nSPS) is 12.3. The van der Waals surface area contributed by atoms with Crippen LogP contribution in [0.25, 0.3) is 5.69 Å². The number of benzene rings is 1. The molecule has 3 aromatic rings. The number of carbonyl (C=O) groups excluding carboxylic acids is 1. The lowest BCUT2D eigenvalue weighted by Gasteiger charge is -2.24. The Morgan fingerprint density at radius 3 is 2.77 bits per heavy atom. The number of hydrogen-bond acceptors (Lipinski definition) is 7. The largest absolute Gasteiger partial charge is 0.461 e. The first-order valence-electron chi connectivity index (χ1n) is 8.35. The molecule has 0 N–H and O–H groups in total. The van der Waals surface area contributed by atoms with Gasteiger partial charge in [0.1, 0.15) is 12.7 Å². The van der Waals surface area contributed by atoms with Crippen molar-refractivity contribution in [1.29, 1.82) is 0 Å². The number of esters is 1. The summed E-state index contributed by atoms with van der Waals surface area (Å²) in [5.41, 5.74) is 3.03. The molecule has 1 aromatic carbocycles. The Labute approximate surface area is 156 Å². The number of nitrogens with zero attached hydrogens (tertiary/aromatic N) is 5. The van der Waals surface area contributed by atoms with Crippen molar-refractivity contribution in [2.45, 2.75) is 26.4 Å². The van der Waals surface area contributed by atoms with Gasteiger partial charge in [0, 0.05) is 18.0 Å². The van der Waals surface area contributed by atoms with E-state index < -0.39 is 0 Å².